The summed E-state index contributed by atoms with van der Waals surface area (Å²) in [6, 6.07) is 10.4. The van der Waals surface area contributed by atoms with E-state index in [1.54, 1.807) is 24.5 Å². The van der Waals surface area contributed by atoms with Crippen LogP contribution in [0.25, 0.3) is 5.69 Å². The van der Waals surface area contributed by atoms with E-state index in [9.17, 15) is 14.0 Å². The van der Waals surface area contributed by atoms with E-state index >= 15 is 0 Å². The summed E-state index contributed by atoms with van der Waals surface area (Å²) in [6.07, 6.45) is 5.54. The number of hydrogen-bond acceptors (Lipinski definition) is 4. The molecule has 34 heavy (non-hydrogen) atoms. The Bertz CT molecular complexity index is 1490. The molecular weight excluding hydrogens is 457 g/mol. The first-order chi connectivity index (χ1) is 16.3. The molecule has 2 aromatic heterocycles. The summed E-state index contributed by atoms with van der Waals surface area (Å²) in [4.78, 5) is 31.1. The molecule has 2 aromatic carbocycles. The maximum atomic E-state index is 14.0. The fraction of sp³-hybridized carbons (Fsp3) is 0.192. The summed E-state index contributed by atoms with van der Waals surface area (Å²) in [7, 11) is 0. The van der Waals surface area contributed by atoms with Crippen LogP contribution in [0.2, 0.25) is 5.02 Å². The molecule has 1 unspecified atom stereocenters. The number of benzene rings is 2. The SMILES string of the molecule is Cc1cn(-c2ccc(C(=O)c3cc(Cl)cn(C4CCOc5ccc(F)cc54)c3=O)cc2C)cn1. The minimum atomic E-state index is -0.495. The van der Waals surface area contributed by atoms with Crippen LogP contribution in [-0.4, -0.2) is 26.5 Å². The third kappa shape index (κ3) is 3.92. The number of ether oxygens (including phenoxy) is 1. The molecule has 0 aliphatic carbocycles. The minimum Gasteiger partial charge on any atom is -0.493 e. The molecule has 0 radical (unpaired) electrons. The highest BCUT2D eigenvalue weighted by atomic mass is 35.5. The van der Waals surface area contributed by atoms with Gasteiger partial charge in [0.15, 0.2) is 5.78 Å². The molecule has 0 saturated heterocycles. The predicted octanol–water partition coefficient (Wildman–Crippen LogP) is 5.05. The number of aryl methyl sites for hydroxylation is 2. The van der Waals surface area contributed by atoms with Gasteiger partial charge in [-0.15, -0.1) is 0 Å². The lowest BCUT2D eigenvalue weighted by Crippen LogP contribution is -2.32. The Hall–Kier alpha value is -3.71. The van der Waals surface area contributed by atoms with Gasteiger partial charge in [0, 0.05) is 35.6 Å². The first-order valence-corrected chi connectivity index (χ1v) is 11.2. The van der Waals surface area contributed by atoms with Gasteiger partial charge in [0.1, 0.15) is 11.6 Å². The summed E-state index contributed by atoms with van der Waals surface area (Å²) < 4.78 is 22.9. The van der Waals surface area contributed by atoms with Gasteiger partial charge in [0.05, 0.1) is 35.3 Å². The van der Waals surface area contributed by atoms with E-state index in [0.717, 1.165) is 16.9 Å². The summed E-state index contributed by atoms with van der Waals surface area (Å²) >= 11 is 6.34. The van der Waals surface area contributed by atoms with Crippen molar-refractivity contribution >= 4 is 17.4 Å². The molecule has 1 aliphatic heterocycles. The van der Waals surface area contributed by atoms with E-state index < -0.39 is 23.2 Å². The second-order valence-electron chi connectivity index (χ2n) is 8.37. The third-order valence-corrected chi connectivity index (χ3v) is 6.23. The summed E-state index contributed by atoms with van der Waals surface area (Å²) in [5, 5.41) is 0.245. The number of imidazole rings is 1. The van der Waals surface area contributed by atoms with Crippen molar-refractivity contribution in [2.45, 2.75) is 26.3 Å². The van der Waals surface area contributed by atoms with Crippen molar-refractivity contribution in [2.75, 3.05) is 6.61 Å². The lowest BCUT2D eigenvalue weighted by atomic mass is 9.98. The van der Waals surface area contributed by atoms with Gasteiger partial charge in [-0.2, -0.15) is 0 Å². The fourth-order valence-corrected chi connectivity index (χ4v) is 4.61. The largest absolute Gasteiger partial charge is 0.493 e. The maximum absolute atomic E-state index is 14.0. The molecule has 0 fully saturated rings. The number of fused-ring (bicyclic) bond motifs is 1. The number of carbonyl (C=O) groups excluding carboxylic acids is 1. The van der Waals surface area contributed by atoms with E-state index in [1.807, 2.05) is 30.7 Å². The molecule has 0 saturated carbocycles. The Morgan fingerprint density at radius 2 is 1.97 bits per heavy atom. The number of pyridine rings is 1. The minimum absolute atomic E-state index is 0.0393. The van der Waals surface area contributed by atoms with Crippen molar-refractivity contribution < 1.29 is 13.9 Å². The molecule has 0 N–H and O–H groups in total. The van der Waals surface area contributed by atoms with Gasteiger partial charge in [-0.1, -0.05) is 11.6 Å². The number of aromatic nitrogens is 3. The van der Waals surface area contributed by atoms with Crippen molar-refractivity contribution in [2.24, 2.45) is 0 Å². The van der Waals surface area contributed by atoms with E-state index in [2.05, 4.69) is 4.98 Å². The second-order valence-corrected chi connectivity index (χ2v) is 8.81. The van der Waals surface area contributed by atoms with Crippen LogP contribution in [0.3, 0.4) is 0 Å². The third-order valence-electron chi connectivity index (χ3n) is 6.02. The second kappa shape index (κ2) is 8.57. The quantitative estimate of drug-likeness (QED) is 0.386. The monoisotopic (exact) mass is 477 g/mol. The van der Waals surface area contributed by atoms with Crippen LogP contribution in [0, 0.1) is 19.7 Å². The van der Waals surface area contributed by atoms with Gasteiger partial charge in [-0.25, -0.2) is 9.37 Å². The van der Waals surface area contributed by atoms with E-state index in [1.165, 1.54) is 29.0 Å². The number of halogens is 2. The molecule has 0 spiro atoms. The predicted molar refractivity (Wildman–Crippen MR) is 127 cm³/mol. The molecule has 0 bridgehead atoms. The van der Waals surface area contributed by atoms with E-state index in [0.29, 0.717) is 29.9 Å². The highest BCUT2D eigenvalue weighted by Gasteiger charge is 2.27. The standard InChI is InChI=1S/C26H21ClFN3O3/c1-15-9-17(3-5-22(15)30-12-16(2)29-14-30)25(32)21-10-18(27)13-31(26(21)33)23-7-8-34-24-6-4-19(28)11-20(23)24/h3-6,9-14,23H,7-8H2,1-2H3. The highest BCUT2D eigenvalue weighted by Crippen LogP contribution is 2.35. The van der Waals surface area contributed by atoms with Crippen LogP contribution < -0.4 is 10.3 Å². The number of carbonyl (C=O) groups is 1. The molecule has 172 valence electrons. The van der Waals surface area contributed by atoms with Crippen molar-refractivity contribution in [3.63, 3.8) is 0 Å². The molecule has 8 heteroatoms. The fourth-order valence-electron chi connectivity index (χ4n) is 4.39. The molecule has 0 amide bonds. The summed E-state index contributed by atoms with van der Waals surface area (Å²) in [5.74, 6) is -0.341. The Kier molecular flexibility index (Phi) is 5.57. The van der Waals surface area contributed by atoms with Gasteiger partial charge >= 0.3 is 0 Å². The molecule has 3 heterocycles. The summed E-state index contributed by atoms with van der Waals surface area (Å²) in [5.41, 5.74) is 3.04. The van der Waals surface area contributed by atoms with Crippen LogP contribution >= 0.6 is 11.6 Å². The zero-order valence-corrected chi connectivity index (χ0v) is 19.3. The summed E-state index contributed by atoms with van der Waals surface area (Å²) in [6.45, 7) is 4.16. The molecule has 5 rings (SSSR count). The van der Waals surface area contributed by atoms with Crippen molar-refractivity contribution in [1.82, 2.24) is 14.1 Å². The van der Waals surface area contributed by atoms with Gasteiger partial charge in [0.2, 0.25) is 0 Å². The molecule has 4 aromatic rings. The van der Waals surface area contributed by atoms with Crippen molar-refractivity contribution in [3.05, 3.63) is 110 Å². The smallest absolute Gasteiger partial charge is 0.262 e. The average Bonchev–Trinajstić information content (AvgIpc) is 3.25. The Labute approximate surface area is 200 Å². The van der Waals surface area contributed by atoms with Crippen LogP contribution in [0.1, 0.15) is 45.2 Å². The van der Waals surface area contributed by atoms with Crippen molar-refractivity contribution in [1.29, 1.82) is 0 Å². The molecule has 1 atom stereocenters. The first kappa shape index (κ1) is 22.1. The average molecular weight is 478 g/mol. The van der Waals surface area contributed by atoms with Crippen LogP contribution in [0.5, 0.6) is 5.75 Å². The van der Waals surface area contributed by atoms with Gasteiger partial charge in [-0.3, -0.25) is 9.59 Å². The number of nitrogens with zero attached hydrogens (tertiary/aromatic N) is 3. The first-order valence-electron chi connectivity index (χ1n) is 10.8. The van der Waals surface area contributed by atoms with E-state index in [-0.39, 0.29) is 10.6 Å². The molecule has 6 nitrogen and oxygen atoms in total. The molecular formula is C26H21ClFN3O3. The van der Waals surface area contributed by atoms with Crippen molar-refractivity contribution in [3.8, 4) is 11.4 Å². The Balaban J connectivity index is 1.55. The highest BCUT2D eigenvalue weighted by molar-refractivity contribution is 6.31. The lowest BCUT2D eigenvalue weighted by molar-refractivity contribution is 0.103. The van der Waals surface area contributed by atoms with Gasteiger partial charge in [-0.05, 0) is 61.9 Å². The van der Waals surface area contributed by atoms with Crippen LogP contribution in [0.4, 0.5) is 4.39 Å². The zero-order chi connectivity index (χ0) is 24.0. The van der Waals surface area contributed by atoms with Gasteiger partial charge < -0.3 is 13.9 Å². The zero-order valence-electron chi connectivity index (χ0n) is 18.6. The van der Waals surface area contributed by atoms with Crippen LogP contribution in [-0.2, 0) is 0 Å². The molecule has 1 aliphatic rings. The number of hydrogen-bond donors (Lipinski definition) is 0. The van der Waals surface area contributed by atoms with Gasteiger partial charge in [0.25, 0.3) is 5.56 Å². The Morgan fingerprint density at radius 1 is 1.15 bits per heavy atom. The van der Waals surface area contributed by atoms with Crippen LogP contribution in [0.15, 0.2) is 66.0 Å². The number of ketones is 1. The Morgan fingerprint density at radius 3 is 2.71 bits per heavy atom. The van der Waals surface area contributed by atoms with E-state index in [4.69, 9.17) is 16.3 Å². The normalized spacial score (nSPS) is 15.0. The number of rotatable bonds is 4. The lowest BCUT2D eigenvalue weighted by Gasteiger charge is -2.28. The topological polar surface area (TPSA) is 66.1 Å². The maximum Gasteiger partial charge on any atom is 0.262 e.